The maximum absolute atomic E-state index is 11.9. The molecule has 2 fully saturated rings. The fourth-order valence-corrected chi connectivity index (χ4v) is 4.79. The summed E-state index contributed by atoms with van der Waals surface area (Å²) in [6.45, 7) is 2.71. The number of fused-ring (bicyclic) bond motifs is 1. The molecule has 0 amide bonds. The van der Waals surface area contributed by atoms with Crippen molar-refractivity contribution in [3.05, 3.63) is 59.7 Å². The van der Waals surface area contributed by atoms with Gasteiger partial charge in [0.1, 0.15) is 6.61 Å². The van der Waals surface area contributed by atoms with Gasteiger partial charge in [-0.1, -0.05) is 42.8 Å². The molecule has 0 bridgehead atoms. The fourth-order valence-electron chi connectivity index (χ4n) is 4.79. The van der Waals surface area contributed by atoms with Crippen LogP contribution in [0.4, 0.5) is 0 Å². The molecular weight excluding hydrogens is 354 g/mol. The Morgan fingerprint density at radius 1 is 1.18 bits per heavy atom. The summed E-state index contributed by atoms with van der Waals surface area (Å²) in [5.41, 5.74) is 1.68. The third-order valence-corrected chi connectivity index (χ3v) is 6.24. The highest BCUT2D eigenvalue weighted by molar-refractivity contribution is 5.76. The highest BCUT2D eigenvalue weighted by atomic mass is 16.5. The van der Waals surface area contributed by atoms with Gasteiger partial charge in [-0.15, -0.1) is 0 Å². The zero-order valence-corrected chi connectivity index (χ0v) is 16.3. The van der Waals surface area contributed by atoms with Crippen LogP contribution < -0.4 is 9.47 Å². The highest BCUT2D eigenvalue weighted by Gasteiger charge is 2.54. The third kappa shape index (κ3) is 3.59. The molecule has 1 aliphatic heterocycles. The molecule has 2 aromatic rings. The Morgan fingerprint density at radius 3 is 2.71 bits per heavy atom. The molecule has 1 saturated carbocycles. The summed E-state index contributed by atoms with van der Waals surface area (Å²) in [6, 6.07) is 16.0. The van der Waals surface area contributed by atoms with Crippen molar-refractivity contribution in [1.29, 1.82) is 0 Å². The number of benzene rings is 2. The first-order valence-electron chi connectivity index (χ1n) is 9.90. The number of hydrogen-bond acceptors (Lipinski definition) is 4. The van der Waals surface area contributed by atoms with Crippen LogP contribution in [0, 0.1) is 11.3 Å². The van der Waals surface area contributed by atoms with E-state index in [-0.39, 0.29) is 5.92 Å². The van der Waals surface area contributed by atoms with Crippen LogP contribution in [-0.4, -0.2) is 36.2 Å². The first-order chi connectivity index (χ1) is 13.6. The van der Waals surface area contributed by atoms with Gasteiger partial charge in [-0.05, 0) is 42.0 Å². The molecule has 2 aromatic carbocycles. The zero-order chi connectivity index (χ0) is 19.6. The first-order valence-corrected chi connectivity index (χ1v) is 9.90. The van der Waals surface area contributed by atoms with Gasteiger partial charge in [0, 0.05) is 19.6 Å². The molecule has 1 N–H and O–H groups in total. The van der Waals surface area contributed by atoms with Crippen LogP contribution in [0.5, 0.6) is 11.5 Å². The van der Waals surface area contributed by atoms with E-state index in [1.807, 2.05) is 48.5 Å². The van der Waals surface area contributed by atoms with Gasteiger partial charge in [0.05, 0.1) is 12.5 Å². The number of carboxylic acids is 1. The second kappa shape index (κ2) is 7.84. The van der Waals surface area contributed by atoms with Crippen molar-refractivity contribution in [2.45, 2.75) is 32.4 Å². The Labute approximate surface area is 165 Å². The van der Waals surface area contributed by atoms with Crippen LogP contribution in [-0.2, 0) is 17.9 Å². The molecule has 148 valence electrons. The van der Waals surface area contributed by atoms with Gasteiger partial charge in [-0.25, -0.2) is 0 Å². The lowest BCUT2D eigenvalue weighted by Gasteiger charge is -2.23. The molecule has 5 nitrogen and oxygen atoms in total. The van der Waals surface area contributed by atoms with Gasteiger partial charge in [-0.3, -0.25) is 9.69 Å². The van der Waals surface area contributed by atoms with Gasteiger partial charge >= 0.3 is 5.97 Å². The van der Waals surface area contributed by atoms with E-state index in [4.69, 9.17) is 9.47 Å². The summed E-state index contributed by atoms with van der Waals surface area (Å²) in [5, 5.41) is 9.79. The van der Waals surface area contributed by atoms with Crippen molar-refractivity contribution in [1.82, 2.24) is 4.90 Å². The van der Waals surface area contributed by atoms with Crippen molar-refractivity contribution in [3.8, 4) is 11.5 Å². The molecule has 28 heavy (non-hydrogen) atoms. The quantitative estimate of drug-likeness (QED) is 0.787. The number of methoxy groups -OCH3 is 1. The van der Waals surface area contributed by atoms with E-state index in [1.54, 1.807) is 7.11 Å². The fraction of sp³-hybridized carbons (Fsp3) is 0.435. The summed E-state index contributed by atoms with van der Waals surface area (Å²) >= 11 is 0. The molecule has 1 heterocycles. The van der Waals surface area contributed by atoms with E-state index in [0.29, 0.717) is 18.9 Å². The van der Waals surface area contributed by atoms with Gasteiger partial charge in [0.25, 0.3) is 0 Å². The van der Waals surface area contributed by atoms with Crippen molar-refractivity contribution < 1.29 is 19.4 Å². The number of ether oxygens (including phenoxy) is 2. The Balaban J connectivity index is 1.46. The van der Waals surface area contributed by atoms with Crippen molar-refractivity contribution >= 4 is 5.97 Å². The molecular formula is C23H27NO4. The van der Waals surface area contributed by atoms with Gasteiger partial charge in [0.2, 0.25) is 0 Å². The van der Waals surface area contributed by atoms with Crippen LogP contribution in [0.2, 0.25) is 0 Å². The Hall–Kier alpha value is -2.53. The van der Waals surface area contributed by atoms with E-state index in [9.17, 15) is 9.90 Å². The Kier molecular flexibility index (Phi) is 5.27. The Bertz CT molecular complexity index is 838. The summed E-state index contributed by atoms with van der Waals surface area (Å²) in [5.74, 6) is 1.08. The topological polar surface area (TPSA) is 59.0 Å². The number of carbonyl (C=O) groups is 1. The van der Waals surface area contributed by atoms with Crippen molar-refractivity contribution in [2.24, 2.45) is 11.3 Å². The predicted molar refractivity (Wildman–Crippen MR) is 106 cm³/mol. The SMILES string of the molecule is COc1ccc(CN2C[C@@H]3CCC[C@@]3(C(=O)O)C2)cc1OCc1ccccc1. The zero-order valence-electron chi connectivity index (χ0n) is 16.3. The second-order valence-corrected chi connectivity index (χ2v) is 7.98. The summed E-state index contributed by atoms with van der Waals surface area (Å²) < 4.78 is 11.5. The molecule has 2 aliphatic rings. The second-order valence-electron chi connectivity index (χ2n) is 7.98. The van der Waals surface area contributed by atoms with E-state index >= 15 is 0 Å². The van der Waals surface area contributed by atoms with Gasteiger partial charge in [-0.2, -0.15) is 0 Å². The minimum Gasteiger partial charge on any atom is -0.493 e. The maximum atomic E-state index is 11.9. The predicted octanol–water partition coefficient (Wildman–Crippen LogP) is 3.96. The average Bonchev–Trinajstić information content (AvgIpc) is 3.25. The smallest absolute Gasteiger partial charge is 0.311 e. The van der Waals surface area contributed by atoms with E-state index in [2.05, 4.69) is 4.90 Å². The molecule has 0 unspecified atom stereocenters. The molecule has 2 atom stereocenters. The van der Waals surface area contributed by atoms with Crippen LogP contribution in [0.1, 0.15) is 30.4 Å². The van der Waals surface area contributed by atoms with Crippen LogP contribution >= 0.6 is 0 Å². The Morgan fingerprint density at radius 2 is 2.00 bits per heavy atom. The maximum Gasteiger partial charge on any atom is 0.311 e. The van der Waals surface area contributed by atoms with Crippen LogP contribution in [0.25, 0.3) is 0 Å². The normalized spacial score (nSPS) is 24.1. The number of hydrogen-bond donors (Lipinski definition) is 1. The van der Waals surface area contributed by atoms with Gasteiger partial charge in [0.15, 0.2) is 11.5 Å². The lowest BCUT2D eigenvalue weighted by molar-refractivity contribution is -0.149. The largest absolute Gasteiger partial charge is 0.493 e. The van der Waals surface area contributed by atoms with Crippen LogP contribution in [0.15, 0.2) is 48.5 Å². The highest BCUT2D eigenvalue weighted by Crippen LogP contribution is 2.49. The van der Waals surface area contributed by atoms with Gasteiger partial charge < -0.3 is 14.6 Å². The molecule has 1 saturated heterocycles. The average molecular weight is 381 g/mol. The summed E-state index contributed by atoms with van der Waals surface area (Å²) in [4.78, 5) is 14.2. The minimum atomic E-state index is -0.626. The number of carboxylic acid groups (broad SMARTS) is 1. The number of rotatable bonds is 7. The molecule has 0 spiro atoms. The number of nitrogens with zero attached hydrogens (tertiary/aromatic N) is 1. The van der Waals surface area contributed by atoms with E-state index < -0.39 is 11.4 Å². The lowest BCUT2D eigenvalue weighted by atomic mass is 9.81. The third-order valence-electron chi connectivity index (χ3n) is 6.24. The first kappa shape index (κ1) is 18.8. The molecule has 4 rings (SSSR count). The summed E-state index contributed by atoms with van der Waals surface area (Å²) in [7, 11) is 1.64. The summed E-state index contributed by atoms with van der Waals surface area (Å²) in [6.07, 6.45) is 2.86. The lowest BCUT2D eigenvalue weighted by Crippen LogP contribution is -2.35. The number of likely N-dealkylation sites (tertiary alicyclic amines) is 1. The molecule has 5 heteroatoms. The van der Waals surface area contributed by atoms with Crippen molar-refractivity contribution in [2.75, 3.05) is 20.2 Å². The molecule has 0 radical (unpaired) electrons. The van der Waals surface area contributed by atoms with E-state index in [0.717, 1.165) is 49.2 Å². The van der Waals surface area contributed by atoms with Crippen LogP contribution in [0.3, 0.4) is 0 Å². The number of aliphatic carboxylic acids is 1. The molecule has 0 aromatic heterocycles. The monoisotopic (exact) mass is 381 g/mol. The minimum absolute atomic E-state index is 0.275. The molecule has 1 aliphatic carbocycles. The van der Waals surface area contributed by atoms with Crippen molar-refractivity contribution in [3.63, 3.8) is 0 Å². The van der Waals surface area contributed by atoms with E-state index in [1.165, 1.54) is 0 Å². The standard InChI is InChI=1S/C23H27NO4/c1-27-20-10-9-18(12-21(20)28-15-17-6-3-2-4-7-17)13-24-14-19-8-5-11-23(19,16-24)22(25)26/h2-4,6-7,9-10,12,19H,5,8,11,13-16H2,1H3,(H,25,26)/t19-,23+/m0/s1.